The summed E-state index contributed by atoms with van der Waals surface area (Å²) in [5, 5.41) is 0.700. The van der Waals surface area contributed by atoms with Crippen molar-refractivity contribution in [1.82, 2.24) is 4.98 Å². The van der Waals surface area contributed by atoms with Crippen LogP contribution in [0.4, 0.5) is 5.82 Å². The van der Waals surface area contributed by atoms with Crippen molar-refractivity contribution in [1.29, 1.82) is 0 Å². The first-order valence-corrected chi connectivity index (χ1v) is 5.14. The number of rotatable bonds is 2. The number of nitrogen functional groups attached to an aromatic ring is 1. The fourth-order valence-electron chi connectivity index (χ4n) is 1.47. The quantitative estimate of drug-likeness (QED) is 0.869. The fraction of sp³-hybridized carbons (Fsp3) is 0.0833. The maximum Gasteiger partial charge on any atom is 0.131 e. The molecule has 2 rings (SSSR count). The average molecular weight is 235 g/mol. The monoisotopic (exact) mass is 234 g/mol. The van der Waals surface area contributed by atoms with Crippen LogP contribution in [0.5, 0.6) is 5.75 Å². The standard InChI is InChI=1S/C12H11ClN2O/c1-16-11-6-12(14)15-7-10(11)8-2-4-9(13)5-3-8/h2-7H,1H3,(H2,14,15). The van der Waals surface area contributed by atoms with E-state index in [0.717, 1.165) is 11.1 Å². The number of benzene rings is 1. The molecule has 2 N–H and O–H groups in total. The molecule has 0 spiro atoms. The Labute approximate surface area is 98.8 Å². The summed E-state index contributed by atoms with van der Waals surface area (Å²) in [5.41, 5.74) is 7.48. The van der Waals surface area contributed by atoms with E-state index in [1.807, 2.05) is 24.3 Å². The molecule has 1 aromatic heterocycles. The molecule has 0 amide bonds. The molecule has 4 heteroatoms. The normalized spacial score (nSPS) is 10.1. The molecule has 2 aromatic rings. The number of hydrogen-bond donors (Lipinski definition) is 1. The first-order valence-electron chi connectivity index (χ1n) is 4.76. The fourth-order valence-corrected chi connectivity index (χ4v) is 1.59. The van der Waals surface area contributed by atoms with Crippen molar-refractivity contribution in [2.75, 3.05) is 12.8 Å². The second-order valence-corrected chi connectivity index (χ2v) is 3.75. The van der Waals surface area contributed by atoms with Gasteiger partial charge in [0.1, 0.15) is 11.6 Å². The molecule has 0 fully saturated rings. The largest absolute Gasteiger partial charge is 0.496 e. The first-order chi connectivity index (χ1) is 7.70. The Morgan fingerprint density at radius 1 is 1.25 bits per heavy atom. The number of ether oxygens (including phenoxy) is 1. The van der Waals surface area contributed by atoms with E-state index in [-0.39, 0.29) is 0 Å². The van der Waals surface area contributed by atoms with Crippen molar-refractivity contribution in [2.24, 2.45) is 0 Å². The van der Waals surface area contributed by atoms with Crippen LogP contribution < -0.4 is 10.5 Å². The zero-order valence-corrected chi connectivity index (χ0v) is 9.53. The smallest absolute Gasteiger partial charge is 0.131 e. The Morgan fingerprint density at radius 3 is 2.56 bits per heavy atom. The Balaban J connectivity index is 2.51. The molecule has 0 aliphatic heterocycles. The molecule has 0 bridgehead atoms. The average Bonchev–Trinajstić information content (AvgIpc) is 2.30. The van der Waals surface area contributed by atoms with Crippen molar-refractivity contribution < 1.29 is 4.74 Å². The van der Waals surface area contributed by atoms with E-state index in [4.69, 9.17) is 22.1 Å². The zero-order valence-electron chi connectivity index (χ0n) is 8.77. The minimum atomic E-state index is 0.439. The molecule has 82 valence electrons. The molecule has 1 aromatic carbocycles. The maximum absolute atomic E-state index is 5.83. The minimum Gasteiger partial charge on any atom is -0.496 e. The number of aromatic nitrogens is 1. The van der Waals surface area contributed by atoms with Crippen LogP contribution >= 0.6 is 11.6 Å². The first kappa shape index (κ1) is 10.8. The Bertz CT molecular complexity index is 497. The summed E-state index contributed by atoms with van der Waals surface area (Å²) in [4.78, 5) is 4.05. The third-order valence-corrected chi connectivity index (χ3v) is 2.51. The lowest BCUT2D eigenvalue weighted by Gasteiger charge is -2.08. The molecule has 0 aliphatic rings. The van der Waals surface area contributed by atoms with Gasteiger partial charge in [-0.2, -0.15) is 0 Å². The van der Waals surface area contributed by atoms with Crippen molar-refractivity contribution in [3.05, 3.63) is 41.6 Å². The lowest BCUT2D eigenvalue weighted by molar-refractivity contribution is 0.416. The molecule has 0 radical (unpaired) electrons. The molecule has 0 aliphatic carbocycles. The molecular weight excluding hydrogens is 224 g/mol. The van der Waals surface area contributed by atoms with Crippen molar-refractivity contribution in [3.8, 4) is 16.9 Å². The van der Waals surface area contributed by atoms with Gasteiger partial charge in [-0.25, -0.2) is 4.98 Å². The van der Waals surface area contributed by atoms with E-state index in [0.29, 0.717) is 16.6 Å². The van der Waals surface area contributed by atoms with Gasteiger partial charge in [0.25, 0.3) is 0 Å². The van der Waals surface area contributed by atoms with E-state index in [1.165, 1.54) is 0 Å². The van der Waals surface area contributed by atoms with Crippen LogP contribution in [-0.2, 0) is 0 Å². The van der Waals surface area contributed by atoms with E-state index < -0.39 is 0 Å². The Hall–Kier alpha value is -1.74. The van der Waals surface area contributed by atoms with Crippen molar-refractivity contribution in [2.45, 2.75) is 0 Å². The molecule has 0 atom stereocenters. The van der Waals surface area contributed by atoms with E-state index in [9.17, 15) is 0 Å². The number of halogens is 1. The van der Waals surface area contributed by atoms with Crippen LogP contribution in [0.1, 0.15) is 0 Å². The highest BCUT2D eigenvalue weighted by Crippen LogP contribution is 2.30. The molecule has 0 saturated carbocycles. The molecule has 3 nitrogen and oxygen atoms in total. The summed E-state index contributed by atoms with van der Waals surface area (Å²) in [6.07, 6.45) is 1.69. The second kappa shape index (κ2) is 4.41. The Kier molecular flexibility index (Phi) is 2.97. The number of methoxy groups -OCH3 is 1. The van der Waals surface area contributed by atoms with Gasteiger partial charge in [-0.3, -0.25) is 0 Å². The SMILES string of the molecule is COc1cc(N)ncc1-c1ccc(Cl)cc1. The maximum atomic E-state index is 5.83. The number of hydrogen-bond acceptors (Lipinski definition) is 3. The molecule has 1 heterocycles. The van der Waals surface area contributed by atoms with Crippen LogP contribution in [0.2, 0.25) is 5.02 Å². The van der Waals surface area contributed by atoms with Crippen molar-refractivity contribution in [3.63, 3.8) is 0 Å². The van der Waals surface area contributed by atoms with Gasteiger partial charge in [0.15, 0.2) is 0 Å². The molecule has 0 saturated heterocycles. The topological polar surface area (TPSA) is 48.1 Å². The van der Waals surface area contributed by atoms with Crippen molar-refractivity contribution >= 4 is 17.4 Å². The summed E-state index contributed by atoms with van der Waals surface area (Å²) in [5.74, 6) is 1.14. The van der Waals surface area contributed by atoms with E-state index in [1.54, 1.807) is 19.4 Å². The third kappa shape index (κ3) is 2.09. The van der Waals surface area contributed by atoms with Gasteiger partial charge in [-0.1, -0.05) is 23.7 Å². The van der Waals surface area contributed by atoms with E-state index >= 15 is 0 Å². The number of pyridine rings is 1. The highest BCUT2D eigenvalue weighted by molar-refractivity contribution is 6.30. The van der Waals surface area contributed by atoms with Crippen LogP contribution in [0.3, 0.4) is 0 Å². The lowest BCUT2D eigenvalue weighted by atomic mass is 10.1. The van der Waals surface area contributed by atoms with Crippen LogP contribution in [0, 0.1) is 0 Å². The summed E-state index contributed by atoms with van der Waals surface area (Å²) in [6.45, 7) is 0. The summed E-state index contributed by atoms with van der Waals surface area (Å²) in [6, 6.07) is 9.18. The second-order valence-electron chi connectivity index (χ2n) is 3.32. The van der Waals surface area contributed by atoms with Gasteiger partial charge in [-0.05, 0) is 17.7 Å². The van der Waals surface area contributed by atoms with Gasteiger partial charge < -0.3 is 10.5 Å². The summed E-state index contributed by atoms with van der Waals surface area (Å²) in [7, 11) is 1.61. The Morgan fingerprint density at radius 2 is 1.94 bits per heavy atom. The number of nitrogens with two attached hydrogens (primary N) is 1. The highest BCUT2D eigenvalue weighted by atomic mass is 35.5. The molecular formula is C12H11ClN2O. The summed E-state index contributed by atoms with van der Waals surface area (Å²) < 4.78 is 5.26. The van der Waals surface area contributed by atoms with Gasteiger partial charge in [0.05, 0.1) is 7.11 Å². The molecule has 16 heavy (non-hydrogen) atoms. The van der Waals surface area contributed by atoms with Crippen LogP contribution in [0.15, 0.2) is 36.5 Å². The lowest BCUT2D eigenvalue weighted by Crippen LogP contribution is -1.94. The minimum absolute atomic E-state index is 0.439. The van der Waals surface area contributed by atoms with E-state index in [2.05, 4.69) is 4.98 Å². The number of nitrogens with zero attached hydrogens (tertiary/aromatic N) is 1. The molecule has 0 unspecified atom stereocenters. The zero-order chi connectivity index (χ0) is 11.5. The third-order valence-electron chi connectivity index (χ3n) is 2.26. The van der Waals surface area contributed by atoms with Crippen LogP contribution in [0.25, 0.3) is 11.1 Å². The highest BCUT2D eigenvalue weighted by Gasteiger charge is 2.06. The number of anilines is 1. The van der Waals surface area contributed by atoms with Gasteiger partial charge >= 0.3 is 0 Å². The van der Waals surface area contributed by atoms with Gasteiger partial charge in [0.2, 0.25) is 0 Å². The van der Waals surface area contributed by atoms with Crippen LogP contribution in [-0.4, -0.2) is 12.1 Å². The predicted molar refractivity (Wildman–Crippen MR) is 65.6 cm³/mol. The summed E-state index contributed by atoms with van der Waals surface area (Å²) >= 11 is 5.83. The van der Waals surface area contributed by atoms with Gasteiger partial charge in [-0.15, -0.1) is 0 Å². The predicted octanol–water partition coefficient (Wildman–Crippen LogP) is 2.99. The van der Waals surface area contributed by atoms with Gasteiger partial charge in [0, 0.05) is 22.8 Å².